The average Bonchev–Trinajstić information content (AvgIpc) is 3.17. The molecule has 0 amide bonds. The van der Waals surface area contributed by atoms with Crippen LogP contribution >= 0.6 is 23.5 Å². The minimum Gasteiger partial charge on any atom is -0.481 e. The molecule has 1 N–H and O–H groups in total. The van der Waals surface area contributed by atoms with Crippen LogP contribution in [-0.2, 0) is 4.79 Å². The number of nitrogens with zero attached hydrogens (tertiary/aromatic N) is 3. The molecule has 1 aromatic rings. The first-order valence-corrected chi connectivity index (χ1v) is 9.76. The first kappa shape index (κ1) is 18.0. The Hall–Kier alpha value is -0.800. The minimum absolute atomic E-state index is 0.353. The molecule has 0 aliphatic carbocycles. The highest BCUT2D eigenvalue weighted by Crippen LogP contribution is 2.61. The maximum atomic E-state index is 13.0. The van der Waals surface area contributed by atoms with Crippen LogP contribution in [0.5, 0.6) is 0 Å². The van der Waals surface area contributed by atoms with Crippen molar-refractivity contribution in [2.75, 3.05) is 19.3 Å². The zero-order valence-corrected chi connectivity index (χ0v) is 15.4. The molecular formula is C15H21F2N3O2S2. The Kier molecular flexibility index (Phi) is 4.87. The van der Waals surface area contributed by atoms with Crippen molar-refractivity contribution in [1.82, 2.24) is 14.7 Å². The molecule has 4 atom stereocenters. The highest BCUT2D eigenvalue weighted by molar-refractivity contribution is 8.21. The number of carboxylic acid groups (broad SMARTS) is 1. The molecular weight excluding hydrogens is 356 g/mol. The fourth-order valence-electron chi connectivity index (χ4n) is 3.59. The predicted molar refractivity (Wildman–Crippen MR) is 91.6 cm³/mol. The van der Waals surface area contributed by atoms with Crippen LogP contribution in [0.2, 0.25) is 0 Å². The topological polar surface area (TPSA) is 58.4 Å². The van der Waals surface area contributed by atoms with Gasteiger partial charge in [-0.1, -0.05) is 6.92 Å². The van der Waals surface area contributed by atoms with Gasteiger partial charge in [-0.25, -0.2) is 4.68 Å². The molecule has 2 saturated heterocycles. The van der Waals surface area contributed by atoms with Crippen molar-refractivity contribution in [2.45, 2.75) is 42.2 Å². The number of carbonyl (C=O) groups is 1. The third-order valence-electron chi connectivity index (χ3n) is 4.84. The van der Waals surface area contributed by atoms with Gasteiger partial charge < -0.3 is 5.11 Å². The molecule has 5 nitrogen and oxygen atoms in total. The fraction of sp³-hybridized carbons (Fsp3) is 0.733. The van der Waals surface area contributed by atoms with Gasteiger partial charge in [0.05, 0.1) is 5.69 Å². The molecule has 3 rings (SSSR count). The fourth-order valence-corrected chi connectivity index (χ4v) is 7.66. The van der Waals surface area contributed by atoms with E-state index >= 15 is 0 Å². The Labute approximate surface area is 148 Å². The number of halogens is 2. The molecule has 9 heteroatoms. The lowest BCUT2D eigenvalue weighted by molar-refractivity contribution is -0.142. The summed E-state index contributed by atoms with van der Waals surface area (Å²) in [5.41, 5.74) is 0.802. The molecule has 134 valence electrons. The van der Waals surface area contributed by atoms with E-state index in [2.05, 4.69) is 16.9 Å². The number of carboxylic acids is 1. The summed E-state index contributed by atoms with van der Waals surface area (Å²) >= 11 is 3.38. The summed E-state index contributed by atoms with van der Waals surface area (Å²) in [6, 6.07) is 1.60. The van der Waals surface area contributed by atoms with Crippen LogP contribution in [-0.4, -0.2) is 54.6 Å². The first-order valence-electron chi connectivity index (χ1n) is 7.90. The Bertz CT molecular complexity index is 642. The maximum absolute atomic E-state index is 13.0. The van der Waals surface area contributed by atoms with Gasteiger partial charge in [0.1, 0.15) is 10.1 Å². The van der Waals surface area contributed by atoms with Crippen LogP contribution in [0.15, 0.2) is 6.07 Å². The zero-order valence-electron chi connectivity index (χ0n) is 13.8. The molecule has 0 bridgehead atoms. The molecule has 0 aromatic carbocycles. The molecule has 4 unspecified atom stereocenters. The van der Waals surface area contributed by atoms with Crippen LogP contribution in [0.1, 0.15) is 37.2 Å². The van der Waals surface area contributed by atoms with Gasteiger partial charge in [-0.3, -0.25) is 9.69 Å². The van der Waals surface area contributed by atoms with E-state index in [-0.39, 0.29) is 5.92 Å². The smallest absolute Gasteiger partial charge is 0.333 e. The largest absolute Gasteiger partial charge is 0.481 e. The summed E-state index contributed by atoms with van der Waals surface area (Å²) in [5, 5.41) is 14.3. The summed E-state index contributed by atoms with van der Waals surface area (Å²) in [5.74, 6) is -1.03. The number of rotatable bonds is 4. The summed E-state index contributed by atoms with van der Waals surface area (Å²) in [4.78, 5) is 14.1. The Morgan fingerprint density at radius 3 is 2.79 bits per heavy atom. The predicted octanol–water partition coefficient (Wildman–Crippen LogP) is 3.23. The number of likely N-dealkylation sites (tertiary alicyclic amines) is 1. The van der Waals surface area contributed by atoms with Gasteiger partial charge in [-0.2, -0.15) is 13.9 Å². The molecule has 2 aliphatic heterocycles. The molecule has 0 saturated carbocycles. The second-order valence-electron chi connectivity index (χ2n) is 6.33. The third kappa shape index (κ3) is 2.74. The number of alkyl halides is 2. The van der Waals surface area contributed by atoms with E-state index < -0.39 is 22.6 Å². The second-order valence-corrected chi connectivity index (χ2v) is 9.35. The van der Waals surface area contributed by atoms with E-state index in [0.717, 1.165) is 12.2 Å². The van der Waals surface area contributed by atoms with E-state index in [0.29, 0.717) is 27.9 Å². The first-order chi connectivity index (χ1) is 11.3. The second kappa shape index (κ2) is 6.49. The van der Waals surface area contributed by atoms with Crippen molar-refractivity contribution < 1.29 is 18.7 Å². The van der Waals surface area contributed by atoms with Crippen molar-refractivity contribution in [3.05, 3.63) is 17.5 Å². The van der Waals surface area contributed by atoms with Gasteiger partial charge in [-0.05, 0) is 26.5 Å². The third-order valence-corrected chi connectivity index (χ3v) is 8.98. The number of aliphatic carboxylic acids is 1. The van der Waals surface area contributed by atoms with E-state index in [9.17, 15) is 18.7 Å². The highest BCUT2D eigenvalue weighted by Gasteiger charge is 2.61. The number of likely N-dealkylation sites (N-methyl/N-ethyl adjacent to an activating group) is 1. The van der Waals surface area contributed by atoms with Gasteiger partial charge in [0.15, 0.2) is 0 Å². The molecule has 2 aliphatic rings. The lowest BCUT2D eigenvalue weighted by Gasteiger charge is -2.34. The van der Waals surface area contributed by atoms with Gasteiger partial charge in [0, 0.05) is 29.2 Å². The molecule has 1 spiro atoms. The summed E-state index contributed by atoms with van der Waals surface area (Å²) in [6.07, 6.45) is 0.989. The van der Waals surface area contributed by atoms with E-state index in [1.807, 2.05) is 7.05 Å². The van der Waals surface area contributed by atoms with Crippen molar-refractivity contribution in [3.63, 3.8) is 0 Å². The number of aryl methyl sites for hydroxylation is 1. The molecule has 24 heavy (non-hydrogen) atoms. The van der Waals surface area contributed by atoms with Crippen LogP contribution in [0.3, 0.4) is 0 Å². The number of hydrogen-bond donors (Lipinski definition) is 1. The van der Waals surface area contributed by atoms with Crippen LogP contribution < -0.4 is 0 Å². The number of hydrogen-bond acceptors (Lipinski definition) is 5. The molecule has 3 heterocycles. The monoisotopic (exact) mass is 377 g/mol. The van der Waals surface area contributed by atoms with Crippen LogP contribution in [0.4, 0.5) is 8.78 Å². The number of aromatic nitrogens is 2. The highest BCUT2D eigenvalue weighted by atomic mass is 32.2. The summed E-state index contributed by atoms with van der Waals surface area (Å²) < 4.78 is 26.2. The Morgan fingerprint density at radius 2 is 2.29 bits per heavy atom. The SMILES string of the molecule is CCC1CSC2(S1)C(C(=O)O)C(c1cc(C)n(C(F)F)n1)CN2C. The Morgan fingerprint density at radius 1 is 1.58 bits per heavy atom. The van der Waals surface area contributed by atoms with Crippen molar-refractivity contribution >= 4 is 29.5 Å². The van der Waals surface area contributed by atoms with Crippen molar-refractivity contribution in [2.24, 2.45) is 5.92 Å². The Balaban J connectivity index is 1.97. The summed E-state index contributed by atoms with van der Waals surface area (Å²) in [7, 11) is 1.92. The number of thioether (sulfide) groups is 2. The van der Waals surface area contributed by atoms with Gasteiger partial charge in [0.25, 0.3) is 0 Å². The average molecular weight is 377 g/mol. The lowest BCUT2D eigenvalue weighted by Crippen LogP contribution is -2.41. The molecule has 1 aromatic heterocycles. The molecule has 0 radical (unpaired) electrons. The normalized spacial score (nSPS) is 33.8. The molecule has 2 fully saturated rings. The van der Waals surface area contributed by atoms with Crippen LogP contribution in [0, 0.1) is 12.8 Å². The maximum Gasteiger partial charge on any atom is 0.333 e. The van der Waals surface area contributed by atoms with Crippen molar-refractivity contribution in [1.29, 1.82) is 0 Å². The minimum atomic E-state index is -2.71. The standard InChI is InChI=1S/C15H21F2N3O2S2/c1-4-9-7-23-15(24-9)12(13(21)22)10(6-19(15)3)11-5-8(2)20(18-11)14(16)17/h5,9-10,12,14H,4,6-7H2,1-3H3,(H,21,22). The van der Waals surface area contributed by atoms with Crippen molar-refractivity contribution in [3.8, 4) is 0 Å². The lowest BCUT2D eigenvalue weighted by atomic mass is 9.92. The van der Waals surface area contributed by atoms with E-state index in [1.54, 1.807) is 36.5 Å². The van der Waals surface area contributed by atoms with Gasteiger partial charge in [0.2, 0.25) is 0 Å². The summed E-state index contributed by atoms with van der Waals surface area (Å²) in [6.45, 7) is 1.47. The quantitative estimate of drug-likeness (QED) is 0.869. The van der Waals surface area contributed by atoms with Gasteiger partial charge in [-0.15, -0.1) is 23.5 Å². The van der Waals surface area contributed by atoms with E-state index in [1.165, 1.54) is 0 Å². The zero-order chi connectivity index (χ0) is 17.6. The van der Waals surface area contributed by atoms with Crippen LogP contribution in [0.25, 0.3) is 0 Å². The van der Waals surface area contributed by atoms with Gasteiger partial charge >= 0.3 is 12.5 Å². The van der Waals surface area contributed by atoms with E-state index in [4.69, 9.17) is 0 Å².